The van der Waals surface area contributed by atoms with Gasteiger partial charge in [-0.15, -0.1) is 5.11 Å². The minimum atomic E-state index is -5.33. The van der Waals surface area contributed by atoms with Gasteiger partial charge in [0.25, 0.3) is 0 Å². The van der Waals surface area contributed by atoms with Crippen LogP contribution in [0.2, 0.25) is 0 Å². The van der Waals surface area contributed by atoms with Crippen molar-refractivity contribution in [2.45, 2.75) is 21.6 Å². The van der Waals surface area contributed by atoms with Crippen molar-refractivity contribution in [2.24, 2.45) is 15.3 Å². The van der Waals surface area contributed by atoms with E-state index >= 15 is 0 Å². The van der Waals surface area contributed by atoms with E-state index in [1.54, 1.807) is 30.3 Å². The predicted molar refractivity (Wildman–Crippen MR) is 235 cm³/mol. The van der Waals surface area contributed by atoms with Gasteiger partial charge in [-0.3, -0.25) is 10.2 Å². The Morgan fingerprint density at radius 2 is 1.22 bits per heavy atom. The number of allylic oxidation sites excluding steroid dienone is 1. The SMILES string of the molecule is COc1cc(N=Nc2cc(S(=O)(=O)[O-])cc3cc(S(=O)(=O)[O-])cc(OS(=O)(=O)c4ccccc4)c23)c(C)cc1NC(=O)Nc1ccc2c(c1)C=C(S(=O)(=O)[O-])/C(=N\Nc1ccccc1)C2=O.[Na+].[Na+].[Na+]. The Bertz CT molecular complexity index is 3560. The summed E-state index contributed by atoms with van der Waals surface area (Å²) in [7, 11) is -19.3. The number of rotatable bonds is 13. The van der Waals surface area contributed by atoms with E-state index in [0.29, 0.717) is 23.9 Å². The molecule has 0 heterocycles. The molecular weight excluding hydrogens is 1010 g/mol. The smallest absolute Gasteiger partial charge is 0.744 e. The van der Waals surface area contributed by atoms with Crippen molar-refractivity contribution in [1.82, 2.24) is 0 Å². The van der Waals surface area contributed by atoms with E-state index in [4.69, 9.17) is 8.92 Å². The van der Waals surface area contributed by atoms with Crippen LogP contribution in [-0.4, -0.2) is 72.0 Å². The van der Waals surface area contributed by atoms with Crippen molar-refractivity contribution >= 4 is 103 Å². The molecular formula is C41H29N6Na3O15S4. The van der Waals surface area contributed by atoms with Crippen LogP contribution >= 0.6 is 0 Å². The number of ketones is 1. The third-order valence-corrected chi connectivity index (χ3v) is 13.1. The number of nitrogens with one attached hydrogen (secondary N) is 3. The number of benzene rings is 6. The predicted octanol–water partition coefficient (Wildman–Crippen LogP) is -2.65. The largest absolute Gasteiger partial charge is 1.00 e. The van der Waals surface area contributed by atoms with Crippen LogP contribution in [0.15, 0.2) is 150 Å². The first-order valence-electron chi connectivity index (χ1n) is 18.5. The normalized spacial score (nSPS) is 13.3. The van der Waals surface area contributed by atoms with Gasteiger partial charge in [-0.05, 0) is 96.2 Å². The molecule has 0 atom stereocenters. The zero-order valence-corrected chi connectivity index (χ0v) is 45.9. The molecule has 6 aromatic rings. The van der Waals surface area contributed by atoms with Crippen LogP contribution in [0.4, 0.5) is 33.2 Å². The number of fused-ring (bicyclic) bond motifs is 2. The summed E-state index contributed by atoms with van der Waals surface area (Å²) in [6.45, 7) is 1.52. The molecule has 21 nitrogen and oxygen atoms in total. The molecule has 0 saturated heterocycles. The summed E-state index contributed by atoms with van der Waals surface area (Å²) >= 11 is 0. The first kappa shape index (κ1) is 57.2. The topological polar surface area (TPSA) is 332 Å². The Kier molecular flexibility index (Phi) is 18.9. The molecule has 0 unspecified atom stereocenters. The Labute approximate surface area is 461 Å². The van der Waals surface area contributed by atoms with Gasteiger partial charge in [-0.2, -0.15) is 18.6 Å². The second kappa shape index (κ2) is 22.8. The molecule has 0 radical (unpaired) electrons. The molecule has 0 bridgehead atoms. The third kappa shape index (κ3) is 13.5. The number of hydrogen-bond acceptors (Lipinski definition) is 19. The number of urea groups is 1. The molecule has 340 valence electrons. The van der Waals surface area contributed by atoms with Gasteiger partial charge in [0.2, 0.25) is 5.78 Å². The number of carbonyl (C=O) groups is 2. The maximum absolute atomic E-state index is 13.4. The molecule has 28 heteroatoms. The molecule has 1 aliphatic carbocycles. The summed E-state index contributed by atoms with van der Waals surface area (Å²) in [6.07, 6.45) is 0.959. The van der Waals surface area contributed by atoms with Crippen LogP contribution in [0, 0.1) is 6.92 Å². The summed E-state index contributed by atoms with van der Waals surface area (Å²) in [4.78, 5) is 23.4. The molecule has 6 aromatic carbocycles. The molecule has 0 saturated carbocycles. The molecule has 2 amide bonds. The van der Waals surface area contributed by atoms with Gasteiger partial charge in [0.1, 0.15) is 46.7 Å². The first-order valence-corrected chi connectivity index (χ1v) is 24.1. The number of nitrogens with zero attached hydrogens (tertiary/aromatic N) is 3. The van der Waals surface area contributed by atoms with Crippen LogP contribution in [0.1, 0.15) is 21.5 Å². The van der Waals surface area contributed by atoms with Crippen molar-refractivity contribution in [2.75, 3.05) is 23.2 Å². The maximum atomic E-state index is 13.4. The molecule has 0 fully saturated rings. The molecule has 0 aromatic heterocycles. The minimum Gasteiger partial charge on any atom is -0.744 e. The summed E-state index contributed by atoms with van der Waals surface area (Å²) in [6, 6.07) is 23.3. The number of para-hydroxylation sites is 1. The number of Topliss-reactive ketones (excluding diaryl/α,β-unsaturated/α-hetero) is 1. The molecule has 0 spiro atoms. The fraction of sp³-hybridized carbons (Fsp3) is 0.0488. The number of aryl methyl sites for hydroxylation is 1. The van der Waals surface area contributed by atoms with E-state index < -0.39 is 89.5 Å². The zero-order chi connectivity index (χ0) is 47.8. The standard InChI is InChI=1S/C41H32N6O15S4.3Na/c1-23-15-33(43-41(49)42-27-13-14-31-24(16-27)19-37(65(56,57)58)39(40(31)48)47-44-26-9-5-3-6-10-26)35(61-2)22-32(23)45-46-34-20-29(63(50,51)52)17-25-18-30(64(53,54)55)21-36(38(25)34)62-66(59,60)28-11-7-4-8-12-28;;;/h3-22,44H,1-2H3,(H2,42,43,49)(H,50,51,52)(H,53,54,55)(H,56,57,58);;;/q;3*+1/p-3/b46-45?,47-39+;;;. The van der Waals surface area contributed by atoms with Crippen molar-refractivity contribution < 1.29 is 155 Å². The van der Waals surface area contributed by atoms with E-state index in [1.807, 2.05) is 0 Å². The van der Waals surface area contributed by atoms with E-state index in [0.717, 1.165) is 12.1 Å². The van der Waals surface area contributed by atoms with Gasteiger partial charge >= 0.3 is 105 Å². The van der Waals surface area contributed by atoms with Crippen molar-refractivity contribution in [3.63, 3.8) is 0 Å². The van der Waals surface area contributed by atoms with Crippen molar-refractivity contribution in [3.8, 4) is 11.5 Å². The van der Waals surface area contributed by atoms with Crippen LogP contribution in [0.25, 0.3) is 16.8 Å². The fourth-order valence-electron chi connectivity index (χ4n) is 6.38. The average Bonchev–Trinajstić information content (AvgIpc) is 3.25. The molecule has 69 heavy (non-hydrogen) atoms. The van der Waals surface area contributed by atoms with Gasteiger partial charge in [0, 0.05) is 23.4 Å². The van der Waals surface area contributed by atoms with E-state index in [9.17, 15) is 56.9 Å². The molecule has 0 aliphatic heterocycles. The second-order valence-electron chi connectivity index (χ2n) is 13.9. The van der Waals surface area contributed by atoms with E-state index in [-0.39, 0.29) is 138 Å². The summed E-state index contributed by atoms with van der Waals surface area (Å²) in [5.74, 6) is -1.67. The summed E-state index contributed by atoms with van der Waals surface area (Å²) in [5, 5.41) is 16.4. The number of azo groups is 1. The van der Waals surface area contributed by atoms with Gasteiger partial charge in [-0.25, -0.2) is 30.0 Å². The zero-order valence-electron chi connectivity index (χ0n) is 36.6. The first-order chi connectivity index (χ1) is 31.0. The average molecular weight is 1040 g/mol. The Morgan fingerprint density at radius 3 is 1.81 bits per heavy atom. The number of hydrazone groups is 1. The summed E-state index contributed by atoms with van der Waals surface area (Å²) in [5.41, 5.74) is 2.23. The second-order valence-corrected chi connectivity index (χ2v) is 19.5. The number of carbonyl (C=O) groups excluding carboxylic acids is 2. The third-order valence-electron chi connectivity index (χ3n) is 9.41. The van der Waals surface area contributed by atoms with Crippen molar-refractivity contribution in [1.29, 1.82) is 0 Å². The molecule has 1 aliphatic rings. The van der Waals surface area contributed by atoms with Crippen LogP contribution in [0.5, 0.6) is 11.5 Å². The minimum absolute atomic E-state index is 0. The quantitative estimate of drug-likeness (QED) is 0.0350. The number of methoxy groups -OCH3 is 1. The Morgan fingerprint density at radius 1 is 0.623 bits per heavy atom. The number of anilines is 3. The van der Waals surface area contributed by atoms with E-state index in [2.05, 4.69) is 31.4 Å². The van der Waals surface area contributed by atoms with Gasteiger partial charge in [0.05, 0.1) is 49.9 Å². The van der Waals surface area contributed by atoms with Gasteiger partial charge in [0.15, 0.2) is 5.75 Å². The number of ether oxygens (including phenoxy) is 1. The van der Waals surface area contributed by atoms with Gasteiger partial charge in [-0.1, -0.05) is 36.4 Å². The van der Waals surface area contributed by atoms with Crippen LogP contribution in [0.3, 0.4) is 0 Å². The molecule has 3 N–H and O–H groups in total. The monoisotopic (exact) mass is 1040 g/mol. The van der Waals surface area contributed by atoms with Crippen molar-refractivity contribution in [3.05, 3.63) is 137 Å². The number of hydrogen-bond donors (Lipinski definition) is 3. The van der Waals surface area contributed by atoms with Crippen LogP contribution in [-0.2, 0) is 40.5 Å². The molecule has 7 rings (SSSR count). The van der Waals surface area contributed by atoms with Gasteiger partial charge < -0.3 is 33.2 Å². The Hall–Kier alpha value is -4.39. The number of amides is 2. The maximum Gasteiger partial charge on any atom is 1.00 e. The van der Waals surface area contributed by atoms with E-state index in [1.165, 1.54) is 74.7 Å². The summed E-state index contributed by atoms with van der Waals surface area (Å²) < 4.78 is 147. The van der Waals surface area contributed by atoms with Crippen LogP contribution < -0.4 is 114 Å². The fourth-order valence-corrected chi connectivity index (χ4v) is 9.03. The Balaban J connectivity index is 0.00000346.